The monoisotopic (exact) mass is 316 g/mol. The molecule has 90 valence electrons. The van der Waals surface area contributed by atoms with E-state index in [1.807, 2.05) is 12.1 Å². The van der Waals surface area contributed by atoms with E-state index in [1.165, 1.54) is 6.08 Å². The fraction of sp³-hybridized carbons (Fsp3) is 0.250. The SMILES string of the molecule is O=C(C=Cc1cc2c(cc1Br)OCCO2)CCl. The summed E-state index contributed by atoms with van der Waals surface area (Å²) in [5, 5.41) is 0. The molecule has 0 saturated heterocycles. The third-order valence-corrected chi connectivity index (χ3v) is 3.19. The fourth-order valence-corrected chi connectivity index (χ4v) is 1.98. The fourth-order valence-electron chi connectivity index (χ4n) is 1.43. The normalized spacial score (nSPS) is 14.0. The van der Waals surface area contributed by atoms with E-state index in [4.69, 9.17) is 21.1 Å². The second kappa shape index (κ2) is 5.56. The van der Waals surface area contributed by atoms with Crippen LogP contribution in [-0.4, -0.2) is 24.9 Å². The predicted molar refractivity (Wildman–Crippen MR) is 69.9 cm³/mol. The molecule has 1 aliphatic rings. The first-order chi connectivity index (χ1) is 8.20. The van der Waals surface area contributed by atoms with Crippen molar-refractivity contribution in [1.29, 1.82) is 0 Å². The molecule has 17 heavy (non-hydrogen) atoms. The van der Waals surface area contributed by atoms with Gasteiger partial charge >= 0.3 is 0 Å². The summed E-state index contributed by atoms with van der Waals surface area (Å²) in [6.07, 6.45) is 3.15. The van der Waals surface area contributed by atoms with Crippen LogP contribution in [0.1, 0.15) is 5.56 Å². The summed E-state index contributed by atoms with van der Waals surface area (Å²) in [7, 11) is 0. The van der Waals surface area contributed by atoms with Crippen molar-refractivity contribution in [1.82, 2.24) is 0 Å². The van der Waals surface area contributed by atoms with Crippen molar-refractivity contribution in [3.63, 3.8) is 0 Å². The molecule has 1 aromatic carbocycles. The van der Waals surface area contributed by atoms with Crippen molar-refractivity contribution in [2.75, 3.05) is 19.1 Å². The number of rotatable bonds is 3. The van der Waals surface area contributed by atoms with Crippen LogP contribution in [0, 0.1) is 0 Å². The lowest BCUT2D eigenvalue weighted by Gasteiger charge is -2.19. The summed E-state index contributed by atoms with van der Waals surface area (Å²) in [5.41, 5.74) is 0.854. The Morgan fingerprint density at radius 3 is 2.65 bits per heavy atom. The summed E-state index contributed by atoms with van der Waals surface area (Å²) < 4.78 is 11.7. The molecule has 0 radical (unpaired) electrons. The lowest BCUT2D eigenvalue weighted by molar-refractivity contribution is -0.112. The third kappa shape index (κ3) is 3.01. The van der Waals surface area contributed by atoms with Crippen molar-refractivity contribution in [2.24, 2.45) is 0 Å². The molecular weight excluding hydrogens is 307 g/mol. The van der Waals surface area contributed by atoms with E-state index in [0.717, 1.165) is 10.0 Å². The number of hydrogen-bond donors (Lipinski definition) is 0. The third-order valence-electron chi connectivity index (χ3n) is 2.24. The van der Waals surface area contributed by atoms with Crippen LogP contribution >= 0.6 is 27.5 Å². The van der Waals surface area contributed by atoms with Gasteiger partial charge in [0, 0.05) is 4.47 Å². The van der Waals surface area contributed by atoms with Crippen molar-refractivity contribution in [2.45, 2.75) is 0 Å². The average Bonchev–Trinajstić information content (AvgIpc) is 2.35. The van der Waals surface area contributed by atoms with Crippen LogP contribution in [0.2, 0.25) is 0 Å². The molecular formula is C12H10BrClO3. The Morgan fingerprint density at radius 1 is 1.35 bits per heavy atom. The Morgan fingerprint density at radius 2 is 2.00 bits per heavy atom. The Bertz CT molecular complexity index is 471. The van der Waals surface area contributed by atoms with Crippen molar-refractivity contribution < 1.29 is 14.3 Å². The molecule has 3 nitrogen and oxygen atoms in total. The van der Waals surface area contributed by atoms with Crippen LogP contribution in [0.4, 0.5) is 0 Å². The van der Waals surface area contributed by atoms with Gasteiger partial charge in [0.05, 0.1) is 5.88 Å². The van der Waals surface area contributed by atoms with Crippen LogP contribution < -0.4 is 9.47 Å². The zero-order chi connectivity index (χ0) is 12.3. The van der Waals surface area contributed by atoms with Crippen LogP contribution in [-0.2, 0) is 4.79 Å². The van der Waals surface area contributed by atoms with Crippen LogP contribution in [0.15, 0.2) is 22.7 Å². The molecule has 2 rings (SSSR count). The van der Waals surface area contributed by atoms with Crippen molar-refractivity contribution in [3.05, 3.63) is 28.2 Å². The summed E-state index contributed by atoms with van der Waals surface area (Å²) in [4.78, 5) is 11.1. The Hall–Kier alpha value is -1.00. The summed E-state index contributed by atoms with van der Waals surface area (Å²) >= 11 is 8.83. The zero-order valence-electron chi connectivity index (χ0n) is 8.91. The first-order valence-corrected chi connectivity index (χ1v) is 6.39. The van der Waals surface area contributed by atoms with Gasteiger partial charge < -0.3 is 9.47 Å². The Balaban J connectivity index is 2.28. The van der Waals surface area contributed by atoms with E-state index in [2.05, 4.69) is 15.9 Å². The molecule has 0 atom stereocenters. The van der Waals surface area contributed by atoms with Gasteiger partial charge in [-0.3, -0.25) is 4.79 Å². The molecule has 0 bridgehead atoms. The number of benzene rings is 1. The Kier molecular flexibility index (Phi) is 4.07. The first-order valence-electron chi connectivity index (χ1n) is 5.06. The molecule has 0 fully saturated rings. The van der Waals surface area contributed by atoms with Gasteiger partial charge in [-0.2, -0.15) is 0 Å². The first kappa shape index (κ1) is 12.5. The van der Waals surface area contributed by atoms with Gasteiger partial charge in [0.25, 0.3) is 0 Å². The number of carbonyl (C=O) groups excluding carboxylic acids is 1. The second-order valence-corrected chi connectivity index (χ2v) is 4.57. The highest BCUT2D eigenvalue weighted by Gasteiger charge is 2.13. The van der Waals surface area contributed by atoms with E-state index in [-0.39, 0.29) is 11.7 Å². The van der Waals surface area contributed by atoms with Gasteiger partial charge in [-0.1, -0.05) is 22.0 Å². The molecule has 0 aliphatic carbocycles. The highest BCUT2D eigenvalue weighted by Crippen LogP contribution is 2.35. The quantitative estimate of drug-likeness (QED) is 0.635. The number of ether oxygens (including phenoxy) is 2. The van der Waals surface area contributed by atoms with E-state index in [1.54, 1.807) is 6.08 Å². The largest absolute Gasteiger partial charge is 0.486 e. The van der Waals surface area contributed by atoms with Crippen LogP contribution in [0.25, 0.3) is 6.08 Å². The van der Waals surface area contributed by atoms with E-state index in [0.29, 0.717) is 24.7 Å². The second-order valence-electron chi connectivity index (χ2n) is 3.45. The van der Waals surface area contributed by atoms with Crippen LogP contribution in [0.5, 0.6) is 11.5 Å². The predicted octanol–water partition coefficient (Wildman–Crippen LogP) is 3.04. The average molecular weight is 318 g/mol. The molecule has 5 heteroatoms. The number of carbonyl (C=O) groups is 1. The molecule has 1 aromatic rings. The topological polar surface area (TPSA) is 35.5 Å². The van der Waals surface area contributed by atoms with Gasteiger partial charge in [0.2, 0.25) is 0 Å². The smallest absolute Gasteiger partial charge is 0.170 e. The van der Waals surface area contributed by atoms with Gasteiger partial charge in [-0.25, -0.2) is 0 Å². The number of hydrogen-bond acceptors (Lipinski definition) is 3. The summed E-state index contributed by atoms with van der Waals surface area (Å²) in [6, 6.07) is 3.66. The maximum Gasteiger partial charge on any atom is 0.170 e. The lowest BCUT2D eigenvalue weighted by Crippen LogP contribution is -2.15. The minimum atomic E-state index is -0.131. The van der Waals surface area contributed by atoms with Crippen LogP contribution in [0.3, 0.4) is 0 Å². The number of allylic oxidation sites excluding steroid dienone is 1. The maximum atomic E-state index is 11.1. The van der Waals surface area contributed by atoms with Gasteiger partial charge in [-0.05, 0) is 23.8 Å². The molecule has 0 unspecified atom stereocenters. The summed E-state index contributed by atoms with van der Waals surface area (Å²) in [6.45, 7) is 1.09. The van der Waals surface area contributed by atoms with Gasteiger partial charge in [0.15, 0.2) is 17.3 Å². The highest BCUT2D eigenvalue weighted by molar-refractivity contribution is 9.10. The number of ketones is 1. The minimum Gasteiger partial charge on any atom is -0.486 e. The Labute approximate surface area is 112 Å². The number of fused-ring (bicyclic) bond motifs is 1. The van der Waals surface area contributed by atoms with Crippen molar-refractivity contribution >= 4 is 39.4 Å². The lowest BCUT2D eigenvalue weighted by atomic mass is 10.1. The molecule has 0 saturated carbocycles. The molecule has 0 N–H and O–H groups in total. The molecule has 0 aromatic heterocycles. The molecule has 1 heterocycles. The van der Waals surface area contributed by atoms with E-state index < -0.39 is 0 Å². The molecule has 1 aliphatic heterocycles. The number of halogens is 2. The molecule has 0 spiro atoms. The van der Waals surface area contributed by atoms with E-state index in [9.17, 15) is 4.79 Å². The highest BCUT2D eigenvalue weighted by atomic mass is 79.9. The maximum absolute atomic E-state index is 11.1. The van der Waals surface area contributed by atoms with Gasteiger partial charge in [-0.15, -0.1) is 11.6 Å². The zero-order valence-corrected chi connectivity index (χ0v) is 11.3. The van der Waals surface area contributed by atoms with Crippen molar-refractivity contribution in [3.8, 4) is 11.5 Å². The molecule has 0 amide bonds. The minimum absolute atomic E-state index is 0.0152. The summed E-state index contributed by atoms with van der Waals surface area (Å²) in [5.74, 6) is 1.26. The standard InChI is InChI=1S/C12H10BrClO3/c13-10-6-12-11(16-3-4-17-12)5-8(10)1-2-9(15)7-14/h1-2,5-6H,3-4,7H2. The van der Waals surface area contributed by atoms with Gasteiger partial charge in [0.1, 0.15) is 13.2 Å². The number of alkyl halides is 1. The van der Waals surface area contributed by atoms with E-state index >= 15 is 0 Å².